The summed E-state index contributed by atoms with van der Waals surface area (Å²) < 4.78 is 0. The zero-order chi connectivity index (χ0) is 13.8. The summed E-state index contributed by atoms with van der Waals surface area (Å²) in [7, 11) is 0. The monoisotopic (exact) mass is 267 g/mol. The minimum absolute atomic E-state index is 0.122. The van der Waals surface area contributed by atoms with Crippen LogP contribution in [-0.4, -0.2) is 35.8 Å². The lowest BCUT2D eigenvalue weighted by atomic mass is 9.84. The molecule has 0 bridgehead atoms. The van der Waals surface area contributed by atoms with Crippen molar-refractivity contribution in [3.05, 3.63) is 0 Å². The SMILES string of the molecule is NC(=O)CC1CCN(C(=O)C2CCCC(N)C2)CC1. The average Bonchev–Trinajstić information content (AvgIpc) is 2.38. The van der Waals surface area contributed by atoms with Crippen LogP contribution < -0.4 is 11.5 Å². The molecule has 5 heteroatoms. The molecule has 0 aromatic carbocycles. The van der Waals surface area contributed by atoms with Gasteiger partial charge in [0.15, 0.2) is 0 Å². The summed E-state index contributed by atoms with van der Waals surface area (Å²) in [6.07, 6.45) is 6.17. The fourth-order valence-electron chi connectivity index (χ4n) is 3.35. The Labute approximate surface area is 114 Å². The molecule has 2 rings (SSSR count). The van der Waals surface area contributed by atoms with E-state index in [1.165, 1.54) is 0 Å². The van der Waals surface area contributed by atoms with Gasteiger partial charge in [-0.15, -0.1) is 0 Å². The number of piperidine rings is 1. The van der Waals surface area contributed by atoms with E-state index in [2.05, 4.69) is 0 Å². The smallest absolute Gasteiger partial charge is 0.225 e. The third-order valence-electron chi connectivity index (χ3n) is 4.48. The summed E-state index contributed by atoms with van der Waals surface area (Å²) in [4.78, 5) is 25.3. The maximum atomic E-state index is 12.4. The largest absolute Gasteiger partial charge is 0.370 e. The maximum absolute atomic E-state index is 12.4. The summed E-state index contributed by atoms with van der Waals surface area (Å²) in [6, 6.07) is 0.190. The van der Waals surface area contributed by atoms with E-state index in [1.54, 1.807) is 0 Å². The summed E-state index contributed by atoms with van der Waals surface area (Å²) in [5, 5.41) is 0. The van der Waals surface area contributed by atoms with E-state index in [1.807, 2.05) is 4.90 Å². The first-order valence-electron chi connectivity index (χ1n) is 7.39. The van der Waals surface area contributed by atoms with Gasteiger partial charge in [-0.25, -0.2) is 0 Å². The molecule has 0 radical (unpaired) electrons. The van der Waals surface area contributed by atoms with Gasteiger partial charge in [0, 0.05) is 31.5 Å². The van der Waals surface area contributed by atoms with Crippen LogP contribution in [-0.2, 0) is 9.59 Å². The van der Waals surface area contributed by atoms with Gasteiger partial charge in [-0.05, 0) is 38.0 Å². The molecule has 1 aliphatic carbocycles. The molecule has 1 saturated heterocycles. The maximum Gasteiger partial charge on any atom is 0.225 e. The fraction of sp³-hybridized carbons (Fsp3) is 0.857. The first kappa shape index (κ1) is 14.3. The lowest BCUT2D eigenvalue weighted by molar-refractivity contribution is -0.138. The fourth-order valence-corrected chi connectivity index (χ4v) is 3.35. The van der Waals surface area contributed by atoms with Gasteiger partial charge in [-0.3, -0.25) is 9.59 Å². The van der Waals surface area contributed by atoms with E-state index in [9.17, 15) is 9.59 Å². The third-order valence-corrected chi connectivity index (χ3v) is 4.48. The van der Waals surface area contributed by atoms with Gasteiger partial charge < -0.3 is 16.4 Å². The van der Waals surface area contributed by atoms with Crippen LogP contribution in [0.2, 0.25) is 0 Å². The lowest BCUT2D eigenvalue weighted by Gasteiger charge is -2.35. The number of primary amides is 1. The molecule has 1 heterocycles. The van der Waals surface area contributed by atoms with Crippen molar-refractivity contribution >= 4 is 11.8 Å². The van der Waals surface area contributed by atoms with Gasteiger partial charge in [0.1, 0.15) is 0 Å². The second-order valence-corrected chi connectivity index (χ2v) is 6.06. The Morgan fingerprint density at radius 3 is 2.37 bits per heavy atom. The molecule has 2 fully saturated rings. The highest BCUT2D eigenvalue weighted by Crippen LogP contribution is 2.27. The first-order chi connectivity index (χ1) is 9.06. The Morgan fingerprint density at radius 2 is 1.79 bits per heavy atom. The van der Waals surface area contributed by atoms with Crippen LogP contribution in [0.4, 0.5) is 0 Å². The molecular formula is C14H25N3O2. The van der Waals surface area contributed by atoms with E-state index >= 15 is 0 Å². The second kappa shape index (κ2) is 6.37. The standard InChI is InChI=1S/C14H25N3O2/c15-12-3-1-2-11(9-12)14(19)17-6-4-10(5-7-17)8-13(16)18/h10-12H,1-9,15H2,(H2,16,18). The summed E-state index contributed by atoms with van der Waals surface area (Å²) >= 11 is 0. The van der Waals surface area contributed by atoms with Gasteiger partial charge in [-0.1, -0.05) is 6.42 Å². The van der Waals surface area contributed by atoms with Gasteiger partial charge in [0.2, 0.25) is 11.8 Å². The van der Waals surface area contributed by atoms with Gasteiger partial charge in [0.25, 0.3) is 0 Å². The van der Waals surface area contributed by atoms with E-state index < -0.39 is 0 Å². The highest BCUT2D eigenvalue weighted by Gasteiger charge is 2.31. The molecule has 1 aliphatic heterocycles. The topological polar surface area (TPSA) is 89.4 Å². The second-order valence-electron chi connectivity index (χ2n) is 6.06. The van der Waals surface area contributed by atoms with E-state index in [-0.39, 0.29) is 23.8 Å². The predicted octanol–water partition coefficient (Wildman–Crippen LogP) is 0.618. The van der Waals surface area contributed by atoms with Crippen molar-refractivity contribution in [2.45, 2.75) is 51.0 Å². The minimum Gasteiger partial charge on any atom is -0.370 e. The van der Waals surface area contributed by atoms with E-state index in [0.717, 1.165) is 51.6 Å². The van der Waals surface area contributed by atoms with Crippen LogP contribution in [0.5, 0.6) is 0 Å². The molecule has 2 unspecified atom stereocenters. The quantitative estimate of drug-likeness (QED) is 0.785. The molecule has 19 heavy (non-hydrogen) atoms. The zero-order valence-electron chi connectivity index (χ0n) is 11.5. The Balaban J connectivity index is 1.80. The van der Waals surface area contributed by atoms with Crippen LogP contribution >= 0.6 is 0 Å². The van der Waals surface area contributed by atoms with Crippen molar-refractivity contribution in [2.75, 3.05) is 13.1 Å². The Hall–Kier alpha value is -1.10. The number of hydrogen-bond donors (Lipinski definition) is 2. The van der Waals surface area contributed by atoms with Gasteiger partial charge in [-0.2, -0.15) is 0 Å². The molecule has 2 aliphatic rings. The molecule has 0 aromatic rings. The van der Waals surface area contributed by atoms with Gasteiger partial charge >= 0.3 is 0 Å². The van der Waals surface area contributed by atoms with Crippen molar-refractivity contribution in [2.24, 2.45) is 23.3 Å². The predicted molar refractivity (Wildman–Crippen MR) is 73.0 cm³/mol. The molecule has 5 nitrogen and oxygen atoms in total. The van der Waals surface area contributed by atoms with E-state index in [4.69, 9.17) is 11.5 Å². The molecule has 0 aromatic heterocycles. The number of carbonyl (C=O) groups excluding carboxylic acids is 2. The normalized spacial score (nSPS) is 29.2. The van der Waals surface area contributed by atoms with Crippen molar-refractivity contribution in [1.29, 1.82) is 0 Å². The molecule has 2 amide bonds. The van der Waals surface area contributed by atoms with Crippen molar-refractivity contribution in [1.82, 2.24) is 4.90 Å². The van der Waals surface area contributed by atoms with Crippen LogP contribution in [0.15, 0.2) is 0 Å². The number of rotatable bonds is 3. The van der Waals surface area contributed by atoms with Crippen molar-refractivity contribution in [3.63, 3.8) is 0 Å². The highest BCUT2D eigenvalue weighted by atomic mass is 16.2. The third kappa shape index (κ3) is 3.93. The minimum atomic E-state index is -0.233. The Morgan fingerprint density at radius 1 is 1.11 bits per heavy atom. The average molecular weight is 267 g/mol. The Bertz CT molecular complexity index is 338. The van der Waals surface area contributed by atoms with Crippen LogP contribution in [0.1, 0.15) is 44.9 Å². The molecule has 108 valence electrons. The van der Waals surface area contributed by atoms with Crippen LogP contribution in [0.25, 0.3) is 0 Å². The van der Waals surface area contributed by atoms with Crippen molar-refractivity contribution < 1.29 is 9.59 Å². The highest BCUT2D eigenvalue weighted by molar-refractivity contribution is 5.79. The first-order valence-corrected chi connectivity index (χ1v) is 7.39. The molecule has 0 spiro atoms. The number of amides is 2. The number of carbonyl (C=O) groups is 2. The van der Waals surface area contributed by atoms with Gasteiger partial charge in [0.05, 0.1) is 0 Å². The summed E-state index contributed by atoms with van der Waals surface area (Å²) in [6.45, 7) is 1.53. The molecule has 1 saturated carbocycles. The summed E-state index contributed by atoms with van der Waals surface area (Å²) in [5.74, 6) is 0.516. The molecular weight excluding hydrogens is 242 g/mol. The lowest BCUT2D eigenvalue weighted by Crippen LogP contribution is -2.44. The number of nitrogens with two attached hydrogens (primary N) is 2. The van der Waals surface area contributed by atoms with Crippen molar-refractivity contribution in [3.8, 4) is 0 Å². The molecule has 2 atom stereocenters. The summed E-state index contributed by atoms with van der Waals surface area (Å²) in [5.41, 5.74) is 11.2. The number of nitrogens with zero attached hydrogens (tertiary/aromatic N) is 1. The van der Waals surface area contributed by atoms with Crippen LogP contribution in [0.3, 0.4) is 0 Å². The molecule has 4 N–H and O–H groups in total. The zero-order valence-corrected chi connectivity index (χ0v) is 11.5. The van der Waals surface area contributed by atoms with Crippen LogP contribution in [0, 0.1) is 11.8 Å². The van der Waals surface area contributed by atoms with E-state index in [0.29, 0.717) is 12.3 Å². The Kier molecular flexibility index (Phi) is 4.80. The number of hydrogen-bond acceptors (Lipinski definition) is 3. The number of likely N-dealkylation sites (tertiary alicyclic amines) is 1.